The summed E-state index contributed by atoms with van der Waals surface area (Å²) in [6, 6.07) is 0. The average Bonchev–Trinajstić information content (AvgIpc) is 2.52. The summed E-state index contributed by atoms with van der Waals surface area (Å²) in [5.74, 6) is 0.116. The first-order valence-corrected chi connectivity index (χ1v) is 9.47. The predicted octanol–water partition coefficient (Wildman–Crippen LogP) is 3.95. The fraction of sp³-hybridized carbons (Fsp3) is 0.533. The van der Waals surface area contributed by atoms with E-state index in [4.69, 9.17) is 4.43 Å². The normalized spacial score (nSPS) is 22.2. The second-order valence-electron chi connectivity index (χ2n) is 5.47. The molecule has 1 aliphatic rings. The second kappa shape index (κ2) is 6.30. The minimum absolute atomic E-state index is 0.116. The van der Waals surface area contributed by atoms with Gasteiger partial charge in [-0.05, 0) is 57.5 Å². The topological polar surface area (TPSA) is 26.3 Å². The highest BCUT2D eigenvalue weighted by Crippen LogP contribution is 2.32. The zero-order valence-electron chi connectivity index (χ0n) is 12.0. The zero-order valence-corrected chi connectivity index (χ0v) is 13.0. The minimum Gasteiger partial charge on any atom is -0.407 e. The summed E-state index contributed by atoms with van der Waals surface area (Å²) in [5.41, 5.74) is 1.14. The Balaban J connectivity index is 2.42. The lowest BCUT2D eigenvalue weighted by Crippen LogP contribution is -2.31. The molecule has 100 valence electrons. The first kappa shape index (κ1) is 15.1. The average molecular weight is 264 g/mol. The summed E-state index contributed by atoms with van der Waals surface area (Å²) < 4.78 is 6.14. The first-order chi connectivity index (χ1) is 8.33. The number of rotatable bonds is 6. The molecule has 1 aliphatic heterocycles. The molecule has 0 bridgehead atoms. The summed E-state index contributed by atoms with van der Waals surface area (Å²) in [6.07, 6.45) is 9.10. The first-order valence-electron chi connectivity index (χ1n) is 6.56. The van der Waals surface area contributed by atoms with E-state index in [1.807, 2.05) is 6.08 Å². The van der Waals surface area contributed by atoms with E-state index in [-0.39, 0.29) is 11.9 Å². The van der Waals surface area contributed by atoms with Crippen molar-refractivity contribution in [3.05, 3.63) is 35.6 Å². The number of hydrogen-bond donors (Lipinski definition) is 0. The maximum atomic E-state index is 10.7. The van der Waals surface area contributed by atoms with Gasteiger partial charge in [-0.2, -0.15) is 0 Å². The van der Waals surface area contributed by atoms with Gasteiger partial charge in [0.2, 0.25) is 8.32 Å². The molecule has 0 amide bonds. The van der Waals surface area contributed by atoms with E-state index in [0.29, 0.717) is 0 Å². The summed E-state index contributed by atoms with van der Waals surface area (Å²) in [5, 5.41) is 1.35. The van der Waals surface area contributed by atoms with Crippen molar-refractivity contribution in [2.24, 2.45) is 0 Å². The van der Waals surface area contributed by atoms with Gasteiger partial charge in [0.15, 0.2) is 5.78 Å². The van der Waals surface area contributed by atoms with Gasteiger partial charge in [-0.25, -0.2) is 0 Å². The predicted molar refractivity (Wildman–Crippen MR) is 78.9 cm³/mol. The Morgan fingerprint density at radius 3 is 2.67 bits per heavy atom. The number of allylic oxidation sites excluding steroid dienone is 4. The van der Waals surface area contributed by atoms with Gasteiger partial charge >= 0.3 is 0 Å². The molecule has 18 heavy (non-hydrogen) atoms. The summed E-state index contributed by atoms with van der Waals surface area (Å²) in [4.78, 5) is 10.7. The van der Waals surface area contributed by atoms with Crippen LogP contribution >= 0.6 is 0 Å². The third-order valence-electron chi connectivity index (χ3n) is 3.12. The van der Waals surface area contributed by atoms with Gasteiger partial charge in [0.05, 0.1) is 6.10 Å². The quantitative estimate of drug-likeness (QED) is 0.412. The molecular weight excluding hydrogens is 240 g/mol. The van der Waals surface area contributed by atoms with Crippen LogP contribution in [0.2, 0.25) is 13.1 Å². The van der Waals surface area contributed by atoms with Gasteiger partial charge in [-0.1, -0.05) is 24.3 Å². The van der Waals surface area contributed by atoms with E-state index in [9.17, 15) is 4.79 Å². The van der Waals surface area contributed by atoms with Crippen molar-refractivity contribution < 1.29 is 9.22 Å². The Bertz CT molecular complexity index is 391. The van der Waals surface area contributed by atoms with Crippen molar-refractivity contribution in [2.45, 2.75) is 52.3 Å². The number of carbonyl (C=O) groups excluding carboxylic acids is 1. The monoisotopic (exact) mass is 264 g/mol. The lowest BCUT2D eigenvalue weighted by Gasteiger charge is -2.21. The molecule has 0 spiro atoms. The van der Waals surface area contributed by atoms with Gasteiger partial charge in [-0.15, -0.1) is 0 Å². The molecule has 0 saturated heterocycles. The molecule has 1 rings (SSSR count). The van der Waals surface area contributed by atoms with Crippen LogP contribution in [-0.4, -0.2) is 20.2 Å². The van der Waals surface area contributed by atoms with Crippen LogP contribution in [0, 0.1) is 0 Å². The molecule has 2 nitrogen and oxygen atoms in total. The standard InChI is InChI=1S/C15H24O2Si/c1-12(2)15-11-14(17-18(15,4)5)10-8-6-7-9-13(3)16/h7,9,11,14H,1,6,8,10H2,2-5H3/b9-7+. The molecular formula is C15H24O2Si. The van der Waals surface area contributed by atoms with Crippen LogP contribution in [0.1, 0.15) is 33.1 Å². The molecule has 3 heteroatoms. The van der Waals surface area contributed by atoms with Gasteiger partial charge in [0.1, 0.15) is 0 Å². The SMILES string of the molecule is C=C(C)C1=CC(CCC/C=C/C(C)=O)O[Si]1(C)C. The molecule has 0 fully saturated rings. The van der Waals surface area contributed by atoms with Crippen LogP contribution < -0.4 is 0 Å². The van der Waals surface area contributed by atoms with Gasteiger partial charge < -0.3 is 4.43 Å². The van der Waals surface area contributed by atoms with Crippen LogP contribution in [0.4, 0.5) is 0 Å². The van der Waals surface area contributed by atoms with Crippen molar-refractivity contribution in [2.75, 3.05) is 0 Å². The maximum absolute atomic E-state index is 10.7. The Hall–Kier alpha value is -0.933. The molecule has 0 radical (unpaired) electrons. The Morgan fingerprint density at radius 2 is 2.17 bits per heavy atom. The maximum Gasteiger partial charge on any atom is 0.218 e. The molecule has 1 heterocycles. The third kappa shape index (κ3) is 4.39. The molecule has 0 aromatic rings. The molecule has 0 saturated carbocycles. The molecule has 0 aromatic carbocycles. The van der Waals surface area contributed by atoms with Gasteiger partial charge in [-0.3, -0.25) is 4.79 Å². The molecule has 1 unspecified atom stereocenters. The number of unbranched alkanes of at least 4 members (excludes halogenated alkanes) is 1. The Labute approximate surface area is 112 Å². The van der Waals surface area contributed by atoms with Crippen LogP contribution in [0.15, 0.2) is 35.6 Å². The summed E-state index contributed by atoms with van der Waals surface area (Å²) >= 11 is 0. The van der Waals surface area contributed by atoms with Gasteiger partial charge in [0.25, 0.3) is 0 Å². The van der Waals surface area contributed by atoms with E-state index in [0.717, 1.165) is 24.8 Å². The fourth-order valence-electron chi connectivity index (χ4n) is 2.35. The van der Waals surface area contributed by atoms with Crippen molar-refractivity contribution in [3.63, 3.8) is 0 Å². The third-order valence-corrected chi connectivity index (χ3v) is 5.90. The van der Waals surface area contributed by atoms with E-state index in [2.05, 4.69) is 32.7 Å². The Kier molecular flexibility index (Phi) is 5.29. The number of carbonyl (C=O) groups is 1. The molecule has 1 atom stereocenters. The molecule has 0 aromatic heterocycles. The van der Waals surface area contributed by atoms with Crippen molar-refractivity contribution in [1.82, 2.24) is 0 Å². The number of hydrogen-bond acceptors (Lipinski definition) is 2. The highest BCUT2D eigenvalue weighted by Gasteiger charge is 2.36. The highest BCUT2D eigenvalue weighted by atomic mass is 28.4. The van der Waals surface area contributed by atoms with Gasteiger partial charge in [0, 0.05) is 0 Å². The minimum atomic E-state index is -1.69. The van der Waals surface area contributed by atoms with Crippen LogP contribution in [-0.2, 0) is 9.22 Å². The Morgan fingerprint density at radius 1 is 1.50 bits per heavy atom. The largest absolute Gasteiger partial charge is 0.407 e. The molecule has 0 aliphatic carbocycles. The van der Waals surface area contributed by atoms with Crippen molar-refractivity contribution >= 4 is 14.1 Å². The molecule has 0 N–H and O–H groups in total. The highest BCUT2D eigenvalue weighted by molar-refractivity contribution is 6.80. The van der Waals surface area contributed by atoms with Crippen molar-refractivity contribution in [3.8, 4) is 0 Å². The lowest BCUT2D eigenvalue weighted by molar-refractivity contribution is -0.112. The van der Waals surface area contributed by atoms with Crippen LogP contribution in [0.25, 0.3) is 0 Å². The smallest absolute Gasteiger partial charge is 0.218 e. The van der Waals surface area contributed by atoms with Crippen molar-refractivity contribution in [1.29, 1.82) is 0 Å². The summed E-state index contributed by atoms with van der Waals surface area (Å²) in [6.45, 7) is 12.1. The lowest BCUT2D eigenvalue weighted by atomic mass is 10.1. The fourth-order valence-corrected chi connectivity index (χ4v) is 5.03. The van der Waals surface area contributed by atoms with Crippen LogP contribution in [0.3, 0.4) is 0 Å². The van der Waals surface area contributed by atoms with Crippen LogP contribution in [0.5, 0.6) is 0 Å². The second-order valence-corrected chi connectivity index (χ2v) is 9.27. The number of ketones is 1. The van der Waals surface area contributed by atoms with E-state index >= 15 is 0 Å². The van der Waals surface area contributed by atoms with E-state index in [1.54, 1.807) is 13.0 Å². The van der Waals surface area contributed by atoms with E-state index < -0.39 is 8.32 Å². The summed E-state index contributed by atoms with van der Waals surface area (Å²) in [7, 11) is -1.69. The zero-order chi connectivity index (χ0) is 13.8. The van der Waals surface area contributed by atoms with E-state index in [1.165, 1.54) is 5.20 Å².